The van der Waals surface area contributed by atoms with Gasteiger partial charge < -0.3 is 9.84 Å². The number of carboxylic acid groups (broad SMARTS) is 1. The van der Waals surface area contributed by atoms with E-state index in [9.17, 15) is 4.79 Å². The molecule has 0 radical (unpaired) electrons. The fourth-order valence-corrected chi connectivity index (χ4v) is 1.96. The lowest BCUT2D eigenvalue weighted by atomic mass is 10.1. The maximum atomic E-state index is 10.9. The van der Waals surface area contributed by atoms with Gasteiger partial charge >= 0.3 is 5.97 Å². The van der Waals surface area contributed by atoms with Crippen molar-refractivity contribution in [3.05, 3.63) is 29.3 Å². The van der Waals surface area contributed by atoms with Gasteiger partial charge in [0.2, 0.25) is 0 Å². The van der Waals surface area contributed by atoms with Gasteiger partial charge in [-0.2, -0.15) is 5.26 Å². The number of unbranched alkanes of at least 4 members (excludes halogenated alkanes) is 5. The highest BCUT2D eigenvalue weighted by Gasteiger charge is 2.10. The fraction of sp³-hybridized carbons (Fsp3) is 0.500. The molecule has 0 aromatic heterocycles. The van der Waals surface area contributed by atoms with E-state index in [0.29, 0.717) is 12.4 Å². The number of hydrogen-bond acceptors (Lipinski definition) is 3. The first-order chi connectivity index (χ1) is 9.69. The molecule has 0 bridgehead atoms. The first-order valence-electron chi connectivity index (χ1n) is 7.09. The van der Waals surface area contributed by atoms with Gasteiger partial charge in [-0.15, -0.1) is 0 Å². The Hall–Kier alpha value is -2.02. The predicted octanol–water partition coefficient (Wildman–Crippen LogP) is 4.00. The van der Waals surface area contributed by atoms with E-state index in [1.807, 2.05) is 6.07 Å². The first kappa shape index (κ1) is 16.0. The van der Waals surface area contributed by atoms with Gasteiger partial charge in [0.1, 0.15) is 11.8 Å². The van der Waals surface area contributed by atoms with Crippen LogP contribution in [0.2, 0.25) is 0 Å². The molecule has 0 atom stereocenters. The molecule has 0 amide bonds. The summed E-state index contributed by atoms with van der Waals surface area (Å²) in [5.74, 6) is -0.538. The van der Waals surface area contributed by atoms with E-state index in [0.717, 1.165) is 12.8 Å². The Morgan fingerprint density at radius 3 is 2.60 bits per heavy atom. The number of carboxylic acids is 1. The van der Waals surface area contributed by atoms with Gasteiger partial charge in [-0.05, 0) is 24.6 Å². The number of aromatic carboxylic acids is 1. The van der Waals surface area contributed by atoms with Crippen LogP contribution in [0.3, 0.4) is 0 Å². The third-order valence-corrected chi connectivity index (χ3v) is 3.11. The van der Waals surface area contributed by atoms with Gasteiger partial charge in [0.25, 0.3) is 0 Å². The molecular weight excluding hydrogens is 254 g/mol. The Bertz CT molecular complexity index is 477. The van der Waals surface area contributed by atoms with Crippen molar-refractivity contribution in [3.8, 4) is 11.8 Å². The van der Waals surface area contributed by atoms with Gasteiger partial charge in [0.15, 0.2) is 0 Å². The summed E-state index contributed by atoms with van der Waals surface area (Å²) in [7, 11) is 0. The maximum Gasteiger partial charge on any atom is 0.337 e. The zero-order chi connectivity index (χ0) is 14.8. The van der Waals surface area contributed by atoms with Crippen LogP contribution in [0.4, 0.5) is 0 Å². The highest BCUT2D eigenvalue weighted by Crippen LogP contribution is 2.18. The fourth-order valence-electron chi connectivity index (χ4n) is 1.96. The molecule has 20 heavy (non-hydrogen) atoms. The number of rotatable bonds is 9. The van der Waals surface area contributed by atoms with Crippen molar-refractivity contribution < 1.29 is 14.6 Å². The summed E-state index contributed by atoms with van der Waals surface area (Å²) in [5.41, 5.74) is 0.150. The second kappa shape index (κ2) is 8.98. The molecule has 4 heteroatoms. The minimum absolute atomic E-state index is 0.0133. The van der Waals surface area contributed by atoms with E-state index in [1.165, 1.54) is 37.8 Å². The van der Waals surface area contributed by atoms with Gasteiger partial charge in [-0.3, -0.25) is 0 Å². The zero-order valence-corrected chi connectivity index (χ0v) is 11.9. The van der Waals surface area contributed by atoms with Gasteiger partial charge in [0, 0.05) is 0 Å². The van der Waals surface area contributed by atoms with E-state index >= 15 is 0 Å². The molecule has 0 aliphatic carbocycles. The van der Waals surface area contributed by atoms with Gasteiger partial charge in [0.05, 0.1) is 17.7 Å². The zero-order valence-electron chi connectivity index (χ0n) is 11.9. The van der Waals surface area contributed by atoms with Crippen molar-refractivity contribution >= 4 is 5.97 Å². The quantitative estimate of drug-likeness (QED) is 0.691. The Kier molecular flexibility index (Phi) is 7.20. The highest BCUT2D eigenvalue weighted by atomic mass is 16.5. The number of carbonyl (C=O) groups is 1. The van der Waals surface area contributed by atoms with Crippen LogP contribution in [0.1, 0.15) is 61.4 Å². The van der Waals surface area contributed by atoms with E-state index in [2.05, 4.69) is 6.92 Å². The second-order valence-corrected chi connectivity index (χ2v) is 4.74. The van der Waals surface area contributed by atoms with E-state index < -0.39 is 5.97 Å². The van der Waals surface area contributed by atoms with Crippen molar-refractivity contribution in [2.24, 2.45) is 0 Å². The average Bonchev–Trinajstić information content (AvgIpc) is 2.45. The Labute approximate surface area is 120 Å². The number of nitriles is 1. The molecule has 0 spiro atoms. The molecule has 108 valence electrons. The monoisotopic (exact) mass is 275 g/mol. The van der Waals surface area contributed by atoms with Crippen LogP contribution in [0, 0.1) is 11.3 Å². The van der Waals surface area contributed by atoms with Crippen LogP contribution in [0.5, 0.6) is 5.75 Å². The predicted molar refractivity (Wildman–Crippen MR) is 77.0 cm³/mol. The molecule has 0 aliphatic rings. The lowest BCUT2D eigenvalue weighted by Gasteiger charge is -2.07. The number of benzene rings is 1. The summed E-state index contributed by atoms with van der Waals surface area (Å²) in [6, 6.07) is 6.38. The smallest absolute Gasteiger partial charge is 0.337 e. The van der Waals surface area contributed by atoms with Crippen LogP contribution in [0.25, 0.3) is 0 Å². The van der Waals surface area contributed by atoms with Gasteiger partial charge in [-0.1, -0.05) is 39.0 Å². The number of hydrogen-bond donors (Lipinski definition) is 1. The molecular formula is C16H21NO3. The molecule has 1 rings (SSSR count). The largest absolute Gasteiger partial charge is 0.494 e. The number of ether oxygens (including phenoxy) is 1. The van der Waals surface area contributed by atoms with E-state index in [-0.39, 0.29) is 11.1 Å². The summed E-state index contributed by atoms with van der Waals surface area (Å²) in [5, 5.41) is 17.8. The van der Waals surface area contributed by atoms with Crippen LogP contribution >= 0.6 is 0 Å². The normalized spacial score (nSPS) is 10.0. The lowest BCUT2D eigenvalue weighted by molar-refractivity contribution is 0.0696. The average molecular weight is 275 g/mol. The summed E-state index contributed by atoms with van der Waals surface area (Å²) in [6.07, 6.45) is 7.12. The maximum absolute atomic E-state index is 10.9. The van der Waals surface area contributed by atoms with Crippen LogP contribution < -0.4 is 4.74 Å². The molecule has 0 aliphatic heterocycles. The minimum atomic E-state index is -1.09. The van der Waals surface area contributed by atoms with Crippen molar-refractivity contribution in [2.75, 3.05) is 6.61 Å². The molecule has 0 fully saturated rings. The topological polar surface area (TPSA) is 70.3 Å². The third kappa shape index (κ3) is 5.31. The summed E-state index contributed by atoms with van der Waals surface area (Å²) < 4.78 is 5.55. The lowest BCUT2D eigenvalue weighted by Crippen LogP contribution is -2.02. The Morgan fingerprint density at radius 1 is 1.25 bits per heavy atom. The SMILES string of the molecule is CCCCCCCCOc1ccc(C(=O)O)c(C#N)c1. The molecule has 0 unspecified atom stereocenters. The highest BCUT2D eigenvalue weighted by molar-refractivity contribution is 5.90. The Balaban J connectivity index is 2.38. The molecule has 0 saturated heterocycles. The molecule has 1 aromatic rings. The molecule has 4 nitrogen and oxygen atoms in total. The van der Waals surface area contributed by atoms with Crippen molar-refractivity contribution in [1.82, 2.24) is 0 Å². The van der Waals surface area contributed by atoms with Gasteiger partial charge in [-0.25, -0.2) is 4.79 Å². The Morgan fingerprint density at radius 2 is 1.95 bits per heavy atom. The molecule has 1 aromatic carbocycles. The van der Waals surface area contributed by atoms with Crippen molar-refractivity contribution in [2.45, 2.75) is 45.4 Å². The summed E-state index contributed by atoms with van der Waals surface area (Å²) in [6.45, 7) is 2.79. The summed E-state index contributed by atoms with van der Waals surface area (Å²) in [4.78, 5) is 10.9. The second-order valence-electron chi connectivity index (χ2n) is 4.74. The molecule has 0 heterocycles. The third-order valence-electron chi connectivity index (χ3n) is 3.11. The van der Waals surface area contributed by atoms with Crippen molar-refractivity contribution in [1.29, 1.82) is 5.26 Å². The van der Waals surface area contributed by atoms with E-state index in [4.69, 9.17) is 15.1 Å². The van der Waals surface area contributed by atoms with Crippen LogP contribution in [0.15, 0.2) is 18.2 Å². The first-order valence-corrected chi connectivity index (χ1v) is 7.09. The molecule has 0 saturated carbocycles. The van der Waals surface area contributed by atoms with E-state index in [1.54, 1.807) is 6.07 Å². The van der Waals surface area contributed by atoms with Crippen LogP contribution in [-0.4, -0.2) is 17.7 Å². The number of nitrogens with zero attached hydrogens (tertiary/aromatic N) is 1. The van der Waals surface area contributed by atoms with Crippen LogP contribution in [-0.2, 0) is 0 Å². The minimum Gasteiger partial charge on any atom is -0.494 e. The standard InChI is InChI=1S/C16H21NO3/c1-2-3-4-5-6-7-10-20-14-8-9-15(16(18)19)13(11-14)12-17/h8-9,11H,2-7,10H2,1H3,(H,18,19). The van der Waals surface area contributed by atoms with Crippen molar-refractivity contribution in [3.63, 3.8) is 0 Å². The summed E-state index contributed by atoms with van der Waals surface area (Å²) >= 11 is 0. The molecule has 1 N–H and O–H groups in total.